The number of anilines is 1. The van der Waals surface area contributed by atoms with Gasteiger partial charge in [0.25, 0.3) is 0 Å². The molecule has 0 spiro atoms. The Morgan fingerprint density at radius 3 is 2.74 bits per heavy atom. The molecule has 0 atom stereocenters. The van der Waals surface area contributed by atoms with Gasteiger partial charge >= 0.3 is 0 Å². The van der Waals surface area contributed by atoms with E-state index in [9.17, 15) is 4.79 Å². The molecule has 5 nitrogen and oxygen atoms in total. The highest BCUT2D eigenvalue weighted by molar-refractivity contribution is 5.81. The number of benzene rings is 1. The van der Waals surface area contributed by atoms with Crippen molar-refractivity contribution in [2.24, 2.45) is 0 Å². The molecular weight excluding hydrogens is 242 g/mol. The minimum absolute atomic E-state index is 0.0228. The number of hydrogen-bond acceptors (Lipinski definition) is 4. The summed E-state index contributed by atoms with van der Waals surface area (Å²) in [5.41, 5.74) is 1.96. The Kier molecular flexibility index (Phi) is 6.15. The number of ether oxygens (including phenoxy) is 1. The van der Waals surface area contributed by atoms with E-state index in [-0.39, 0.29) is 12.5 Å². The molecular formula is C14H23N3O2. The number of amides is 1. The first kappa shape index (κ1) is 15.3. The number of hydrogen-bond donors (Lipinski definition) is 2. The van der Waals surface area contributed by atoms with Gasteiger partial charge in [0.1, 0.15) is 5.75 Å². The molecule has 2 N–H and O–H groups in total. The maximum absolute atomic E-state index is 11.6. The van der Waals surface area contributed by atoms with Crippen molar-refractivity contribution in [3.63, 3.8) is 0 Å². The van der Waals surface area contributed by atoms with Gasteiger partial charge in [-0.1, -0.05) is 6.07 Å². The van der Waals surface area contributed by atoms with Gasteiger partial charge in [-0.05, 0) is 38.7 Å². The first-order chi connectivity index (χ1) is 9.02. The van der Waals surface area contributed by atoms with E-state index in [0.717, 1.165) is 23.5 Å². The maximum atomic E-state index is 11.6. The van der Waals surface area contributed by atoms with Crippen LogP contribution in [0.25, 0.3) is 0 Å². The smallest absolute Gasteiger partial charge is 0.239 e. The molecule has 0 aliphatic carbocycles. The van der Waals surface area contributed by atoms with E-state index in [4.69, 9.17) is 4.74 Å². The van der Waals surface area contributed by atoms with Crippen LogP contribution >= 0.6 is 0 Å². The molecule has 1 aromatic carbocycles. The molecule has 1 rings (SSSR count). The molecule has 0 aliphatic heterocycles. The molecule has 19 heavy (non-hydrogen) atoms. The van der Waals surface area contributed by atoms with Gasteiger partial charge in [0.05, 0.1) is 19.3 Å². The van der Waals surface area contributed by atoms with E-state index < -0.39 is 0 Å². The molecule has 0 aliphatic rings. The van der Waals surface area contributed by atoms with Gasteiger partial charge in [0.2, 0.25) is 5.91 Å². The predicted molar refractivity (Wildman–Crippen MR) is 77.8 cm³/mol. The fourth-order valence-electron chi connectivity index (χ4n) is 1.62. The van der Waals surface area contributed by atoms with Crippen LogP contribution in [0.3, 0.4) is 0 Å². The second kappa shape index (κ2) is 7.63. The van der Waals surface area contributed by atoms with Gasteiger partial charge in [0.15, 0.2) is 0 Å². The number of likely N-dealkylation sites (N-methyl/N-ethyl adjacent to an activating group) is 1. The van der Waals surface area contributed by atoms with Crippen molar-refractivity contribution in [2.75, 3.05) is 46.2 Å². The number of methoxy groups -OCH3 is 1. The van der Waals surface area contributed by atoms with Crippen LogP contribution in [-0.4, -0.2) is 51.6 Å². The average molecular weight is 265 g/mol. The Hall–Kier alpha value is -1.75. The van der Waals surface area contributed by atoms with Crippen LogP contribution in [0.2, 0.25) is 0 Å². The van der Waals surface area contributed by atoms with E-state index in [1.807, 2.05) is 44.1 Å². The summed E-state index contributed by atoms with van der Waals surface area (Å²) in [4.78, 5) is 13.7. The fourth-order valence-corrected chi connectivity index (χ4v) is 1.62. The first-order valence-corrected chi connectivity index (χ1v) is 6.33. The molecule has 0 radical (unpaired) electrons. The molecule has 0 saturated heterocycles. The topological polar surface area (TPSA) is 53.6 Å². The van der Waals surface area contributed by atoms with Crippen LogP contribution in [0, 0.1) is 6.92 Å². The quantitative estimate of drug-likeness (QED) is 0.775. The number of nitrogens with one attached hydrogen (secondary N) is 2. The van der Waals surface area contributed by atoms with Crippen molar-refractivity contribution in [1.82, 2.24) is 10.2 Å². The van der Waals surface area contributed by atoms with Crippen molar-refractivity contribution in [1.29, 1.82) is 0 Å². The van der Waals surface area contributed by atoms with E-state index in [0.29, 0.717) is 6.54 Å². The molecule has 0 bridgehead atoms. The molecule has 0 heterocycles. The van der Waals surface area contributed by atoms with Crippen molar-refractivity contribution in [3.05, 3.63) is 23.8 Å². The van der Waals surface area contributed by atoms with Gasteiger partial charge in [-0.15, -0.1) is 0 Å². The highest BCUT2D eigenvalue weighted by Gasteiger charge is 2.05. The number of carbonyl (C=O) groups excluding carboxylic acids is 1. The van der Waals surface area contributed by atoms with Crippen molar-refractivity contribution in [2.45, 2.75) is 6.92 Å². The maximum Gasteiger partial charge on any atom is 0.239 e. The SMILES string of the molecule is COc1ccc(C)cc1NCC(=O)NCCN(C)C. The minimum Gasteiger partial charge on any atom is -0.495 e. The lowest BCUT2D eigenvalue weighted by molar-refractivity contribution is -0.119. The van der Waals surface area contributed by atoms with Gasteiger partial charge in [-0.2, -0.15) is 0 Å². The second-order valence-corrected chi connectivity index (χ2v) is 4.71. The van der Waals surface area contributed by atoms with Crippen LogP contribution in [0.5, 0.6) is 5.75 Å². The summed E-state index contributed by atoms with van der Waals surface area (Å²) in [5, 5.41) is 5.94. The molecule has 0 saturated carbocycles. The van der Waals surface area contributed by atoms with E-state index in [1.54, 1.807) is 7.11 Å². The highest BCUT2D eigenvalue weighted by atomic mass is 16.5. The standard InChI is InChI=1S/C14H23N3O2/c1-11-5-6-13(19-4)12(9-11)16-10-14(18)15-7-8-17(2)3/h5-6,9,16H,7-8,10H2,1-4H3,(H,15,18). The molecule has 5 heteroatoms. The van der Waals surface area contributed by atoms with Crippen LogP contribution in [-0.2, 0) is 4.79 Å². The normalized spacial score (nSPS) is 10.4. The van der Waals surface area contributed by atoms with Crippen LogP contribution in [0.1, 0.15) is 5.56 Å². The lowest BCUT2D eigenvalue weighted by Crippen LogP contribution is -2.35. The van der Waals surface area contributed by atoms with Crippen molar-refractivity contribution >= 4 is 11.6 Å². The third-order valence-electron chi connectivity index (χ3n) is 2.68. The first-order valence-electron chi connectivity index (χ1n) is 6.33. The molecule has 0 aromatic heterocycles. The fraction of sp³-hybridized carbons (Fsp3) is 0.500. The number of aryl methyl sites for hydroxylation is 1. The zero-order valence-corrected chi connectivity index (χ0v) is 12.1. The molecule has 106 valence electrons. The molecule has 1 amide bonds. The Labute approximate surface area is 114 Å². The summed E-state index contributed by atoms with van der Waals surface area (Å²) >= 11 is 0. The summed E-state index contributed by atoms with van der Waals surface area (Å²) in [6, 6.07) is 5.83. The second-order valence-electron chi connectivity index (χ2n) is 4.71. The molecule has 0 fully saturated rings. The largest absolute Gasteiger partial charge is 0.495 e. The summed E-state index contributed by atoms with van der Waals surface area (Å²) < 4.78 is 5.24. The minimum atomic E-state index is -0.0228. The Bertz CT molecular complexity index is 419. The van der Waals surface area contributed by atoms with E-state index in [1.165, 1.54) is 0 Å². The Morgan fingerprint density at radius 2 is 2.11 bits per heavy atom. The van der Waals surface area contributed by atoms with Crippen LogP contribution in [0.4, 0.5) is 5.69 Å². The molecule has 0 unspecified atom stereocenters. The summed E-state index contributed by atoms with van der Waals surface area (Å²) in [6.45, 7) is 3.73. The van der Waals surface area contributed by atoms with Crippen molar-refractivity contribution in [3.8, 4) is 5.75 Å². The number of nitrogens with zero attached hydrogens (tertiary/aromatic N) is 1. The monoisotopic (exact) mass is 265 g/mol. The van der Waals surface area contributed by atoms with Gasteiger partial charge in [-0.3, -0.25) is 4.79 Å². The lowest BCUT2D eigenvalue weighted by atomic mass is 10.2. The van der Waals surface area contributed by atoms with Crippen molar-refractivity contribution < 1.29 is 9.53 Å². The van der Waals surface area contributed by atoms with Gasteiger partial charge in [-0.25, -0.2) is 0 Å². The van der Waals surface area contributed by atoms with E-state index in [2.05, 4.69) is 10.6 Å². The van der Waals surface area contributed by atoms with Crippen LogP contribution in [0.15, 0.2) is 18.2 Å². The average Bonchev–Trinajstić information content (AvgIpc) is 2.36. The summed E-state index contributed by atoms with van der Waals surface area (Å²) in [6.07, 6.45) is 0. The van der Waals surface area contributed by atoms with E-state index >= 15 is 0 Å². The van der Waals surface area contributed by atoms with Gasteiger partial charge < -0.3 is 20.3 Å². The van der Waals surface area contributed by atoms with Gasteiger partial charge in [0, 0.05) is 13.1 Å². The Morgan fingerprint density at radius 1 is 1.37 bits per heavy atom. The molecule has 1 aromatic rings. The highest BCUT2D eigenvalue weighted by Crippen LogP contribution is 2.24. The summed E-state index contributed by atoms with van der Waals surface area (Å²) in [7, 11) is 5.57. The third kappa shape index (κ3) is 5.61. The summed E-state index contributed by atoms with van der Waals surface area (Å²) in [5.74, 6) is 0.720. The zero-order chi connectivity index (χ0) is 14.3. The predicted octanol–water partition coefficient (Wildman–Crippen LogP) is 1.09. The number of rotatable bonds is 7. The Balaban J connectivity index is 2.43. The lowest BCUT2D eigenvalue weighted by Gasteiger charge is -2.13. The van der Waals surface area contributed by atoms with Crippen LogP contribution < -0.4 is 15.4 Å². The number of carbonyl (C=O) groups is 1. The third-order valence-corrected chi connectivity index (χ3v) is 2.68. The zero-order valence-electron chi connectivity index (χ0n) is 12.1.